The van der Waals surface area contributed by atoms with Crippen molar-refractivity contribution in [2.45, 2.75) is 6.42 Å². The van der Waals surface area contributed by atoms with Gasteiger partial charge in [0.2, 0.25) is 0 Å². The predicted molar refractivity (Wildman–Crippen MR) is 25.1 cm³/mol. The summed E-state index contributed by atoms with van der Waals surface area (Å²) < 4.78 is 0. The van der Waals surface area contributed by atoms with E-state index in [2.05, 4.69) is 4.90 Å². The third-order valence-corrected chi connectivity index (χ3v) is 1.10. The lowest BCUT2D eigenvalue weighted by atomic mass is 10.2. The van der Waals surface area contributed by atoms with Crippen molar-refractivity contribution in [1.82, 2.24) is 4.90 Å². The second-order valence-corrected chi connectivity index (χ2v) is 1.54. The van der Waals surface area contributed by atoms with E-state index >= 15 is 0 Å². The topological polar surface area (TPSA) is 3.24 Å². The van der Waals surface area contributed by atoms with Gasteiger partial charge in [-0.3, -0.25) is 0 Å². The van der Waals surface area contributed by atoms with Crippen LogP contribution in [0.2, 0.25) is 0 Å². The summed E-state index contributed by atoms with van der Waals surface area (Å²) in [6, 6.07) is 0. The van der Waals surface area contributed by atoms with Crippen LogP contribution in [0, 0.1) is 6.58 Å². The van der Waals surface area contributed by atoms with E-state index in [1.165, 1.54) is 6.42 Å². The molecule has 0 unspecified atom stereocenters. The first-order chi connectivity index (χ1) is 2.93. The summed E-state index contributed by atoms with van der Waals surface area (Å²) in [5.74, 6) is 0. The fraction of sp³-hybridized carbons (Fsp3) is 0.600. The minimum Gasteiger partial charge on any atom is -0.377 e. The van der Waals surface area contributed by atoms with E-state index in [1.54, 1.807) is 6.20 Å². The first kappa shape index (κ1) is 3.72. The Bertz CT molecular complexity index is 55.0. The van der Waals surface area contributed by atoms with Crippen molar-refractivity contribution >= 4 is 0 Å². The van der Waals surface area contributed by atoms with Crippen LogP contribution in [-0.4, -0.2) is 18.0 Å². The highest BCUT2D eigenvalue weighted by Crippen LogP contribution is 2.03. The summed E-state index contributed by atoms with van der Waals surface area (Å²) in [5, 5.41) is 0. The van der Waals surface area contributed by atoms with E-state index < -0.39 is 0 Å². The summed E-state index contributed by atoms with van der Waals surface area (Å²) in [4.78, 5) is 2.08. The molecule has 6 heavy (non-hydrogen) atoms. The number of hydrogen-bond donors (Lipinski definition) is 0. The van der Waals surface area contributed by atoms with Crippen molar-refractivity contribution in [2.75, 3.05) is 13.1 Å². The van der Waals surface area contributed by atoms with Gasteiger partial charge < -0.3 is 4.90 Å². The van der Waals surface area contributed by atoms with Gasteiger partial charge in [0.05, 0.1) is 0 Å². The molecule has 0 aliphatic carbocycles. The molecule has 1 saturated heterocycles. The minimum absolute atomic E-state index is 1.16. The van der Waals surface area contributed by atoms with Gasteiger partial charge in [-0.05, 0) is 19.2 Å². The number of rotatable bonds is 1. The Labute approximate surface area is 38.3 Å². The Morgan fingerprint density at radius 3 is 2.17 bits per heavy atom. The van der Waals surface area contributed by atoms with Gasteiger partial charge in [0.15, 0.2) is 0 Å². The second-order valence-electron chi connectivity index (χ2n) is 1.54. The number of hydrogen-bond acceptors (Lipinski definition) is 1. The van der Waals surface area contributed by atoms with Crippen molar-refractivity contribution in [3.8, 4) is 0 Å². The number of likely N-dealkylation sites (tertiary alicyclic amines) is 1. The van der Waals surface area contributed by atoms with E-state index in [9.17, 15) is 0 Å². The largest absolute Gasteiger partial charge is 0.377 e. The molecule has 1 radical (unpaired) electrons. The zero-order valence-electron chi connectivity index (χ0n) is 3.72. The molecule has 0 saturated carbocycles. The van der Waals surface area contributed by atoms with Crippen LogP contribution in [0.5, 0.6) is 0 Å². The van der Waals surface area contributed by atoms with Crippen LogP contribution >= 0.6 is 0 Å². The van der Waals surface area contributed by atoms with Crippen LogP contribution < -0.4 is 0 Å². The molecule has 1 rings (SSSR count). The Morgan fingerprint density at radius 1 is 1.50 bits per heavy atom. The van der Waals surface area contributed by atoms with Gasteiger partial charge in [-0.2, -0.15) is 0 Å². The van der Waals surface area contributed by atoms with Crippen LogP contribution in [0.3, 0.4) is 0 Å². The van der Waals surface area contributed by atoms with Crippen molar-refractivity contribution in [1.29, 1.82) is 0 Å². The molecular weight excluding hydrogens is 74.1 g/mol. The lowest BCUT2D eigenvalue weighted by molar-refractivity contribution is 0.264. The van der Waals surface area contributed by atoms with Crippen molar-refractivity contribution in [2.24, 2.45) is 0 Å². The molecule has 0 aromatic carbocycles. The molecule has 0 amide bonds. The zero-order valence-corrected chi connectivity index (χ0v) is 3.72. The molecule has 1 fully saturated rings. The van der Waals surface area contributed by atoms with Gasteiger partial charge in [0.1, 0.15) is 0 Å². The Kier molecular flexibility index (Phi) is 0.825. The molecular formula is C5H8N. The lowest BCUT2D eigenvalue weighted by Gasteiger charge is -2.28. The maximum Gasteiger partial charge on any atom is 0.0189 e. The molecule has 1 heterocycles. The second kappa shape index (κ2) is 1.33. The molecule has 1 aliphatic heterocycles. The molecule has 0 atom stereocenters. The summed E-state index contributed by atoms with van der Waals surface area (Å²) in [6.45, 7) is 7.46. The highest BCUT2D eigenvalue weighted by Gasteiger charge is 2.05. The van der Waals surface area contributed by atoms with Crippen LogP contribution in [0.4, 0.5) is 0 Å². The Balaban J connectivity index is 2.16. The summed E-state index contributed by atoms with van der Waals surface area (Å²) >= 11 is 0. The fourth-order valence-corrected chi connectivity index (χ4v) is 0.490. The summed E-state index contributed by atoms with van der Waals surface area (Å²) in [7, 11) is 0. The molecule has 1 aliphatic rings. The van der Waals surface area contributed by atoms with E-state index in [0.717, 1.165) is 13.1 Å². The summed E-state index contributed by atoms with van der Waals surface area (Å²) in [5.41, 5.74) is 0. The molecule has 0 aromatic heterocycles. The minimum atomic E-state index is 1.16. The highest BCUT2D eigenvalue weighted by atomic mass is 15.1. The van der Waals surface area contributed by atoms with E-state index in [0.29, 0.717) is 0 Å². The summed E-state index contributed by atoms with van der Waals surface area (Å²) in [6.07, 6.45) is 2.96. The molecule has 0 spiro atoms. The first-order valence-electron chi connectivity index (χ1n) is 2.22. The average Bonchev–Trinajstić information content (AvgIpc) is 1.31. The Morgan fingerprint density at radius 2 is 2.17 bits per heavy atom. The van der Waals surface area contributed by atoms with Gasteiger partial charge in [-0.1, -0.05) is 0 Å². The predicted octanol–water partition coefficient (Wildman–Crippen LogP) is 0.639. The van der Waals surface area contributed by atoms with Crippen molar-refractivity contribution in [3.05, 3.63) is 12.8 Å². The molecule has 1 heteroatoms. The molecule has 1 nitrogen and oxygen atoms in total. The third kappa shape index (κ3) is 0.402. The van der Waals surface area contributed by atoms with Crippen LogP contribution in [-0.2, 0) is 0 Å². The van der Waals surface area contributed by atoms with Crippen molar-refractivity contribution < 1.29 is 0 Å². The van der Waals surface area contributed by atoms with Gasteiger partial charge in [-0.25, -0.2) is 0 Å². The molecule has 33 valence electrons. The molecule has 0 aromatic rings. The van der Waals surface area contributed by atoms with Crippen LogP contribution in [0.1, 0.15) is 6.42 Å². The molecule has 0 bridgehead atoms. The molecule has 0 N–H and O–H groups in total. The average molecular weight is 82.1 g/mol. The third-order valence-electron chi connectivity index (χ3n) is 1.10. The van der Waals surface area contributed by atoms with Crippen molar-refractivity contribution in [3.63, 3.8) is 0 Å². The monoisotopic (exact) mass is 82.1 g/mol. The Hall–Kier alpha value is -0.460. The van der Waals surface area contributed by atoms with Gasteiger partial charge in [0.25, 0.3) is 0 Å². The smallest absolute Gasteiger partial charge is 0.0189 e. The van der Waals surface area contributed by atoms with E-state index in [1.807, 2.05) is 0 Å². The number of nitrogens with zero attached hydrogens (tertiary/aromatic N) is 1. The van der Waals surface area contributed by atoms with Gasteiger partial charge >= 0.3 is 0 Å². The van der Waals surface area contributed by atoms with Gasteiger partial charge in [-0.15, -0.1) is 0 Å². The maximum atomic E-state index is 5.13. The zero-order chi connectivity index (χ0) is 4.41. The SMILES string of the molecule is [CH]=CN1CCC1. The lowest BCUT2D eigenvalue weighted by Crippen LogP contribution is -2.31. The first-order valence-corrected chi connectivity index (χ1v) is 2.22. The quantitative estimate of drug-likeness (QED) is 0.448. The van der Waals surface area contributed by atoms with E-state index in [4.69, 9.17) is 6.58 Å². The maximum absolute atomic E-state index is 5.13. The fourth-order valence-electron chi connectivity index (χ4n) is 0.490. The normalized spacial score (nSPS) is 19.7. The van der Waals surface area contributed by atoms with Crippen LogP contribution in [0.15, 0.2) is 6.20 Å². The standard InChI is InChI=1S/C5H8N/c1-2-6-4-3-5-6/h1-2H,3-5H2. The van der Waals surface area contributed by atoms with Gasteiger partial charge in [0, 0.05) is 13.1 Å². The highest BCUT2D eigenvalue weighted by molar-refractivity contribution is 4.75. The van der Waals surface area contributed by atoms with E-state index in [-0.39, 0.29) is 0 Å². The van der Waals surface area contributed by atoms with Crippen LogP contribution in [0.25, 0.3) is 0 Å².